The van der Waals surface area contributed by atoms with E-state index in [1.54, 1.807) is 17.7 Å². The largest absolute Gasteiger partial charge is 0.351 e. The van der Waals surface area contributed by atoms with Gasteiger partial charge in [0.05, 0.1) is 6.33 Å². The maximum Gasteiger partial charge on any atom is 0.264 e. The molecular formula is C14H20N6O3S. The van der Waals surface area contributed by atoms with Crippen molar-refractivity contribution in [2.75, 3.05) is 18.0 Å². The van der Waals surface area contributed by atoms with E-state index in [1.165, 1.54) is 18.6 Å². The third kappa shape index (κ3) is 3.65. The van der Waals surface area contributed by atoms with E-state index >= 15 is 0 Å². The standard InChI is InChI=1S/C14H20N6O3S/c1-19-9-14(15-10-19)24(22,23)16-8-11-4-2-3-7-20(11)12-5-6-13(21)18-17-12/h5-6,9-11,16H,2-4,7-8H2,1H3,(H,18,21). The van der Waals surface area contributed by atoms with E-state index in [1.807, 2.05) is 4.90 Å². The first kappa shape index (κ1) is 16.7. The molecule has 0 saturated carbocycles. The first-order valence-electron chi connectivity index (χ1n) is 7.76. The smallest absolute Gasteiger partial charge is 0.264 e. The van der Waals surface area contributed by atoms with Crippen molar-refractivity contribution in [1.29, 1.82) is 0 Å². The number of imidazole rings is 1. The molecule has 2 aromatic heterocycles. The summed E-state index contributed by atoms with van der Waals surface area (Å²) in [4.78, 5) is 17.1. The van der Waals surface area contributed by atoms with Gasteiger partial charge in [0.1, 0.15) is 5.82 Å². The van der Waals surface area contributed by atoms with Crippen LogP contribution >= 0.6 is 0 Å². The predicted octanol–water partition coefficient (Wildman–Crippen LogP) is -0.159. The van der Waals surface area contributed by atoms with Gasteiger partial charge in [-0.3, -0.25) is 4.79 Å². The van der Waals surface area contributed by atoms with Gasteiger partial charge in [0.2, 0.25) is 0 Å². The summed E-state index contributed by atoms with van der Waals surface area (Å²) >= 11 is 0. The Balaban J connectivity index is 1.72. The number of aromatic nitrogens is 4. The van der Waals surface area contributed by atoms with E-state index in [9.17, 15) is 13.2 Å². The van der Waals surface area contributed by atoms with Crippen LogP contribution in [0.3, 0.4) is 0 Å². The second-order valence-electron chi connectivity index (χ2n) is 5.85. The summed E-state index contributed by atoms with van der Waals surface area (Å²) < 4.78 is 28.8. The van der Waals surface area contributed by atoms with Crippen molar-refractivity contribution in [3.8, 4) is 0 Å². The third-order valence-electron chi connectivity index (χ3n) is 4.05. The van der Waals surface area contributed by atoms with Crippen molar-refractivity contribution >= 4 is 15.8 Å². The molecule has 0 bridgehead atoms. The Bertz CT molecular complexity index is 839. The van der Waals surface area contributed by atoms with E-state index in [2.05, 4.69) is 19.9 Å². The highest BCUT2D eigenvalue weighted by Crippen LogP contribution is 2.22. The Morgan fingerprint density at radius 2 is 2.21 bits per heavy atom. The number of hydrogen-bond donors (Lipinski definition) is 2. The number of H-pyrrole nitrogens is 1. The average molecular weight is 352 g/mol. The Hall–Kier alpha value is -2.20. The van der Waals surface area contributed by atoms with Crippen LogP contribution in [-0.2, 0) is 17.1 Å². The van der Waals surface area contributed by atoms with E-state index in [0.29, 0.717) is 5.82 Å². The number of rotatable bonds is 5. The molecule has 0 aliphatic carbocycles. The molecule has 0 radical (unpaired) electrons. The highest BCUT2D eigenvalue weighted by Gasteiger charge is 2.26. The minimum Gasteiger partial charge on any atom is -0.351 e. The number of aromatic amines is 1. The summed E-state index contributed by atoms with van der Waals surface area (Å²) in [5, 5.41) is 6.48. The molecule has 1 aliphatic rings. The van der Waals surface area contributed by atoms with Gasteiger partial charge in [0, 0.05) is 38.4 Å². The fraction of sp³-hybridized carbons (Fsp3) is 0.500. The lowest BCUT2D eigenvalue weighted by molar-refractivity contribution is 0.448. The molecule has 24 heavy (non-hydrogen) atoms. The summed E-state index contributed by atoms with van der Waals surface area (Å²) in [6.45, 7) is 1.04. The number of sulfonamides is 1. The first-order chi connectivity index (χ1) is 11.5. The molecule has 1 saturated heterocycles. The molecule has 1 atom stereocenters. The van der Waals surface area contributed by atoms with Gasteiger partial charge in [0.15, 0.2) is 5.03 Å². The van der Waals surface area contributed by atoms with Gasteiger partial charge in [-0.05, 0) is 25.3 Å². The average Bonchev–Trinajstić information content (AvgIpc) is 3.02. The zero-order valence-corrected chi connectivity index (χ0v) is 14.2. The molecule has 2 N–H and O–H groups in total. The van der Waals surface area contributed by atoms with Crippen LogP contribution in [0.25, 0.3) is 0 Å². The molecule has 1 unspecified atom stereocenters. The Morgan fingerprint density at radius 1 is 1.38 bits per heavy atom. The Morgan fingerprint density at radius 3 is 2.88 bits per heavy atom. The molecule has 3 heterocycles. The molecule has 10 heteroatoms. The van der Waals surface area contributed by atoms with Crippen molar-refractivity contribution in [3.63, 3.8) is 0 Å². The van der Waals surface area contributed by atoms with Crippen molar-refractivity contribution in [3.05, 3.63) is 35.0 Å². The molecular weight excluding hydrogens is 332 g/mol. The highest BCUT2D eigenvalue weighted by molar-refractivity contribution is 7.89. The number of hydrogen-bond acceptors (Lipinski definition) is 6. The van der Waals surface area contributed by atoms with Crippen LogP contribution in [0, 0.1) is 0 Å². The molecule has 130 valence electrons. The molecule has 0 spiro atoms. The third-order valence-corrected chi connectivity index (χ3v) is 5.36. The van der Waals surface area contributed by atoms with Gasteiger partial charge < -0.3 is 9.47 Å². The van der Waals surface area contributed by atoms with Crippen LogP contribution in [0.2, 0.25) is 0 Å². The number of nitrogens with zero attached hydrogens (tertiary/aromatic N) is 4. The lowest BCUT2D eigenvalue weighted by Crippen LogP contribution is -2.47. The number of aryl methyl sites for hydroxylation is 1. The van der Waals surface area contributed by atoms with E-state index < -0.39 is 10.0 Å². The fourth-order valence-electron chi connectivity index (χ4n) is 2.82. The molecule has 1 fully saturated rings. The van der Waals surface area contributed by atoms with Crippen molar-refractivity contribution in [2.24, 2.45) is 7.05 Å². The van der Waals surface area contributed by atoms with Crippen LogP contribution in [-0.4, -0.2) is 47.3 Å². The highest BCUT2D eigenvalue weighted by atomic mass is 32.2. The van der Waals surface area contributed by atoms with Gasteiger partial charge in [-0.1, -0.05) is 0 Å². The van der Waals surface area contributed by atoms with Gasteiger partial charge in [-0.25, -0.2) is 23.2 Å². The van der Waals surface area contributed by atoms with Crippen LogP contribution in [0.15, 0.2) is 34.5 Å². The summed E-state index contributed by atoms with van der Waals surface area (Å²) in [5.41, 5.74) is -0.261. The molecule has 2 aromatic rings. The van der Waals surface area contributed by atoms with E-state index in [4.69, 9.17) is 0 Å². The van der Waals surface area contributed by atoms with Crippen molar-refractivity contribution < 1.29 is 8.42 Å². The van der Waals surface area contributed by atoms with Gasteiger partial charge in [-0.15, -0.1) is 0 Å². The second-order valence-corrected chi connectivity index (χ2v) is 7.57. The zero-order valence-electron chi connectivity index (χ0n) is 13.3. The Labute approximate surface area is 139 Å². The molecule has 0 aromatic carbocycles. The van der Waals surface area contributed by atoms with Gasteiger partial charge >= 0.3 is 0 Å². The maximum atomic E-state index is 12.3. The minimum absolute atomic E-state index is 0.00882. The maximum absolute atomic E-state index is 12.3. The Kier molecular flexibility index (Phi) is 4.67. The quantitative estimate of drug-likeness (QED) is 0.773. The summed E-state index contributed by atoms with van der Waals surface area (Å²) in [6.07, 6.45) is 5.79. The lowest BCUT2D eigenvalue weighted by atomic mass is 10.0. The topological polar surface area (TPSA) is 113 Å². The number of nitrogens with one attached hydrogen (secondary N) is 2. The second kappa shape index (κ2) is 6.73. The minimum atomic E-state index is -3.64. The number of piperidine rings is 1. The van der Waals surface area contributed by atoms with Gasteiger partial charge in [-0.2, -0.15) is 5.10 Å². The fourth-order valence-corrected chi connectivity index (χ4v) is 3.87. The number of anilines is 1. The van der Waals surface area contributed by atoms with Crippen LogP contribution in [0.1, 0.15) is 19.3 Å². The predicted molar refractivity (Wildman–Crippen MR) is 88.2 cm³/mol. The summed E-state index contributed by atoms with van der Waals surface area (Å²) in [5.74, 6) is 0.649. The summed E-state index contributed by atoms with van der Waals surface area (Å²) in [6, 6.07) is 3.06. The molecule has 9 nitrogen and oxygen atoms in total. The van der Waals surface area contributed by atoms with Crippen LogP contribution < -0.4 is 15.2 Å². The SMILES string of the molecule is Cn1cnc(S(=O)(=O)NCC2CCCCN2c2ccc(=O)[nH]n2)c1. The van der Waals surface area contributed by atoms with E-state index in [-0.39, 0.29) is 23.2 Å². The molecule has 3 rings (SSSR count). The lowest BCUT2D eigenvalue weighted by Gasteiger charge is -2.36. The van der Waals surface area contributed by atoms with E-state index in [0.717, 1.165) is 25.8 Å². The molecule has 1 aliphatic heterocycles. The van der Waals surface area contributed by atoms with Crippen LogP contribution in [0.5, 0.6) is 0 Å². The molecule has 0 amide bonds. The van der Waals surface area contributed by atoms with Gasteiger partial charge in [0.25, 0.3) is 15.6 Å². The van der Waals surface area contributed by atoms with Crippen molar-refractivity contribution in [1.82, 2.24) is 24.5 Å². The normalized spacial score (nSPS) is 18.7. The first-order valence-corrected chi connectivity index (χ1v) is 9.24. The summed E-state index contributed by atoms with van der Waals surface area (Å²) in [7, 11) is -1.92. The zero-order chi connectivity index (χ0) is 17.2. The monoisotopic (exact) mass is 352 g/mol. The van der Waals surface area contributed by atoms with Crippen LogP contribution in [0.4, 0.5) is 5.82 Å². The van der Waals surface area contributed by atoms with Crippen molar-refractivity contribution in [2.45, 2.75) is 30.3 Å².